The topological polar surface area (TPSA) is 69.9 Å². The van der Waals surface area contributed by atoms with Gasteiger partial charge in [0.25, 0.3) is 5.91 Å². The first-order valence-electron chi connectivity index (χ1n) is 13.1. The standard InChI is InChI=1S/C29H39FN4O2/c1-29(2,30)20-33-18-15-23(16-19-33)32(3)22-13-11-21(12-14-22)24-8-4-5-9-25(24)28(36)34-17-7-6-10-26(34)27(31)35/h4-5,8-9,11-14,23,26H,6-7,10,15-20H2,1-3H3,(H2,31,35). The van der Waals surface area contributed by atoms with Crippen molar-refractivity contribution in [2.75, 3.05) is 38.1 Å². The van der Waals surface area contributed by atoms with Crippen LogP contribution < -0.4 is 10.6 Å². The average molecular weight is 495 g/mol. The van der Waals surface area contributed by atoms with Gasteiger partial charge in [-0.3, -0.25) is 9.59 Å². The minimum atomic E-state index is -1.17. The zero-order chi connectivity index (χ0) is 25.9. The number of anilines is 1. The molecule has 1 unspecified atom stereocenters. The molecule has 2 N–H and O–H groups in total. The molecule has 2 fully saturated rings. The molecule has 36 heavy (non-hydrogen) atoms. The zero-order valence-electron chi connectivity index (χ0n) is 21.8. The molecule has 0 radical (unpaired) electrons. The summed E-state index contributed by atoms with van der Waals surface area (Å²) in [6.45, 7) is 6.11. The van der Waals surface area contributed by atoms with Crippen molar-refractivity contribution in [3.63, 3.8) is 0 Å². The maximum Gasteiger partial charge on any atom is 0.255 e. The van der Waals surface area contributed by atoms with Crippen molar-refractivity contribution in [1.82, 2.24) is 9.80 Å². The molecule has 0 saturated carbocycles. The fourth-order valence-corrected chi connectivity index (χ4v) is 5.63. The lowest BCUT2D eigenvalue weighted by atomic mass is 9.95. The minimum Gasteiger partial charge on any atom is -0.372 e. The number of primary amides is 1. The Labute approximate surface area is 214 Å². The van der Waals surface area contributed by atoms with E-state index in [9.17, 15) is 14.0 Å². The van der Waals surface area contributed by atoms with Gasteiger partial charge in [-0.05, 0) is 75.3 Å². The predicted octanol–water partition coefficient (Wildman–Crippen LogP) is 4.48. The van der Waals surface area contributed by atoms with E-state index in [1.807, 2.05) is 24.3 Å². The summed E-state index contributed by atoms with van der Waals surface area (Å²) in [7, 11) is 2.12. The molecule has 2 aromatic rings. The van der Waals surface area contributed by atoms with Crippen LogP contribution in [0.1, 0.15) is 56.3 Å². The highest BCUT2D eigenvalue weighted by Crippen LogP contribution is 2.30. The number of piperidine rings is 2. The Balaban J connectivity index is 1.47. The molecule has 0 aromatic heterocycles. The lowest BCUT2D eigenvalue weighted by Gasteiger charge is -2.39. The van der Waals surface area contributed by atoms with E-state index in [2.05, 4.69) is 41.1 Å². The molecule has 4 rings (SSSR count). The summed E-state index contributed by atoms with van der Waals surface area (Å²) in [6, 6.07) is 15.8. The number of likely N-dealkylation sites (tertiary alicyclic amines) is 2. The van der Waals surface area contributed by atoms with E-state index < -0.39 is 17.6 Å². The molecule has 2 aliphatic rings. The number of carbonyl (C=O) groups is 2. The number of halogens is 1. The third-order valence-corrected chi connectivity index (χ3v) is 7.54. The lowest BCUT2D eigenvalue weighted by Crippen LogP contribution is -2.50. The average Bonchev–Trinajstić information content (AvgIpc) is 2.87. The van der Waals surface area contributed by atoms with Gasteiger partial charge in [-0.1, -0.05) is 30.3 Å². The Morgan fingerprint density at radius 2 is 1.67 bits per heavy atom. The van der Waals surface area contributed by atoms with E-state index in [-0.39, 0.29) is 5.91 Å². The summed E-state index contributed by atoms with van der Waals surface area (Å²) in [5.41, 5.74) is 7.97. The second-order valence-corrected chi connectivity index (χ2v) is 10.8. The van der Waals surface area contributed by atoms with Crippen molar-refractivity contribution in [2.45, 2.75) is 63.7 Å². The van der Waals surface area contributed by atoms with E-state index in [1.54, 1.807) is 18.7 Å². The lowest BCUT2D eigenvalue weighted by molar-refractivity contribution is -0.123. The van der Waals surface area contributed by atoms with E-state index >= 15 is 0 Å². The van der Waals surface area contributed by atoms with Gasteiger partial charge in [-0.15, -0.1) is 0 Å². The van der Waals surface area contributed by atoms with Crippen LogP contribution >= 0.6 is 0 Å². The first kappa shape index (κ1) is 26.1. The van der Waals surface area contributed by atoms with Gasteiger partial charge in [0.2, 0.25) is 5.91 Å². The smallest absolute Gasteiger partial charge is 0.255 e. The fraction of sp³-hybridized carbons (Fsp3) is 0.517. The highest BCUT2D eigenvalue weighted by Gasteiger charge is 2.32. The number of nitrogens with two attached hydrogens (primary N) is 1. The van der Waals surface area contributed by atoms with Gasteiger partial charge in [-0.2, -0.15) is 0 Å². The van der Waals surface area contributed by atoms with Crippen molar-refractivity contribution in [2.24, 2.45) is 5.73 Å². The van der Waals surface area contributed by atoms with E-state index in [0.717, 1.165) is 55.6 Å². The molecular formula is C29H39FN4O2. The molecular weight excluding hydrogens is 455 g/mol. The molecule has 6 nitrogen and oxygen atoms in total. The van der Waals surface area contributed by atoms with Crippen LogP contribution in [-0.2, 0) is 4.79 Å². The predicted molar refractivity (Wildman–Crippen MR) is 143 cm³/mol. The molecule has 0 bridgehead atoms. The molecule has 1 atom stereocenters. The van der Waals surface area contributed by atoms with Crippen LogP contribution in [-0.4, -0.2) is 72.6 Å². The van der Waals surface area contributed by atoms with Gasteiger partial charge < -0.3 is 20.4 Å². The van der Waals surface area contributed by atoms with Crippen molar-refractivity contribution in [1.29, 1.82) is 0 Å². The number of hydrogen-bond acceptors (Lipinski definition) is 4. The Kier molecular flexibility index (Phi) is 7.98. The third kappa shape index (κ3) is 6.06. The molecule has 7 heteroatoms. The first-order valence-corrected chi connectivity index (χ1v) is 13.1. The monoisotopic (exact) mass is 494 g/mol. The molecule has 2 aromatic carbocycles. The van der Waals surface area contributed by atoms with Crippen LogP contribution in [0, 0.1) is 0 Å². The van der Waals surface area contributed by atoms with Crippen molar-refractivity contribution < 1.29 is 14.0 Å². The number of alkyl halides is 1. The summed E-state index contributed by atoms with van der Waals surface area (Å²) in [5, 5.41) is 0. The number of benzene rings is 2. The fourth-order valence-electron chi connectivity index (χ4n) is 5.63. The largest absolute Gasteiger partial charge is 0.372 e. The van der Waals surface area contributed by atoms with Gasteiger partial charge in [0.05, 0.1) is 0 Å². The Morgan fingerprint density at radius 3 is 2.31 bits per heavy atom. The summed E-state index contributed by atoms with van der Waals surface area (Å²) in [4.78, 5) is 31.6. The number of carbonyl (C=O) groups excluding carboxylic acids is 2. The van der Waals surface area contributed by atoms with Crippen LogP contribution in [0.5, 0.6) is 0 Å². The summed E-state index contributed by atoms with van der Waals surface area (Å²) < 4.78 is 14.0. The van der Waals surface area contributed by atoms with Gasteiger partial charge in [0, 0.05) is 50.5 Å². The Hall–Kier alpha value is -2.93. The van der Waals surface area contributed by atoms with Crippen molar-refractivity contribution >= 4 is 17.5 Å². The molecule has 194 valence electrons. The molecule has 2 heterocycles. The third-order valence-electron chi connectivity index (χ3n) is 7.54. The molecule has 2 saturated heterocycles. The molecule has 2 aliphatic heterocycles. The molecule has 0 spiro atoms. The second-order valence-electron chi connectivity index (χ2n) is 10.8. The van der Waals surface area contributed by atoms with Gasteiger partial charge in [0.1, 0.15) is 11.7 Å². The first-order chi connectivity index (χ1) is 17.1. The Bertz CT molecular complexity index is 1060. The number of hydrogen-bond donors (Lipinski definition) is 1. The number of amides is 2. The summed E-state index contributed by atoms with van der Waals surface area (Å²) >= 11 is 0. The van der Waals surface area contributed by atoms with Crippen LogP contribution in [0.4, 0.5) is 10.1 Å². The van der Waals surface area contributed by atoms with Gasteiger partial charge in [0.15, 0.2) is 0 Å². The SMILES string of the molecule is CN(c1ccc(-c2ccccc2C(=O)N2CCCCC2C(N)=O)cc1)C1CCN(CC(C)(C)F)CC1. The van der Waals surface area contributed by atoms with E-state index in [4.69, 9.17) is 5.73 Å². The van der Waals surface area contributed by atoms with Crippen LogP contribution in [0.2, 0.25) is 0 Å². The maximum absolute atomic E-state index is 14.0. The minimum absolute atomic E-state index is 0.140. The van der Waals surface area contributed by atoms with Crippen LogP contribution in [0.25, 0.3) is 11.1 Å². The van der Waals surface area contributed by atoms with Crippen LogP contribution in [0.3, 0.4) is 0 Å². The highest BCUT2D eigenvalue weighted by atomic mass is 19.1. The van der Waals surface area contributed by atoms with Crippen molar-refractivity contribution in [3.8, 4) is 11.1 Å². The number of nitrogens with zero attached hydrogens (tertiary/aromatic N) is 3. The maximum atomic E-state index is 14.0. The second kappa shape index (κ2) is 11.0. The molecule has 0 aliphatic carbocycles. The van der Waals surface area contributed by atoms with Crippen molar-refractivity contribution in [3.05, 3.63) is 54.1 Å². The molecule has 2 amide bonds. The van der Waals surface area contributed by atoms with Crippen LogP contribution in [0.15, 0.2) is 48.5 Å². The quantitative estimate of drug-likeness (QED) is 0.616. The highest BCUT2D eigenvalue weighted by molar-refractivity contribution is 6.02. The number of rotatable bonds is 7. The van der Waals surface area contributed by atoms with Gasteiger partial charge in [-0.25, -0.2) is 4.39 Å². The van der Waals surface area contributed by atoms with Gasteiger partial charge >= 0.3 is 0 Å². The summed E-state index contributed by atoms with van der Waals surface area (Å²) in [6.07, 6.45) is 4.41. The summed E-state index contributed by atoms with van der Waals surface area (Å²) in [5.74, 6) is -0.578. The zero-order valence-corrected chi connectivity index (χ0v) is 21.8. The van der Waals surface area contributed by atoms with E-state index in [0.29, 0.717) is 31.1 Å². The van der Waals surface area contributed by atoms with E-state index in [1.165, 1.54) is 0 Å². The Morgan fingerprint density at radius 1 is 1.00 bits per heavy atom. The normalized spacial score (nSPS) is 19.8.